The van der Waals surface area contributed by atoms with Gasteiger partial charge in [-0.05, 0) is 30.5 Å². The average Bonchev–Trinajstić information content (AvgIpc) is 2.89. The van der Waals surface area contributed by atoms with Gasteiger partial charge < -0.3 is 15.0 Å². The van der Waals surface area contributed by atoms with E-state index < -0.39 is 0 Å². The summed E-state index contributed by atoms with van der Waals surface area (Å²) in [6.45, 7) is 2.66. The van der Waals surface area contributed by atoms with E-state index in [-0.39, 0.29) is 11.8 Å². The number of nitrogens with zero attached hydrogens (tertiary/aromatic N) is 1. The van der Waals surface area contributed by atoms with Crippen LogP contribution in [0.2, 0.25) is 0 Å². The molecule has 1 fully saturated rings. The predicted octanol–water partition coefficient (Wildman–Crippen LogP) is 1.58. The molecule has 21 heavy (non-hydrogen) atoms. The number of hydrogen-bond donors (Lipinski definition) is 1. The third-order valence-corrected chi connectivity index (χ3v) is 3.56. The molecular formula is C16H22N2O3. The highest BCUT2D eigenvalue weighted by Gasteiger charge is 2.19. The summed E-state index contributed by atoms with van der Waals surface area (Å²) in [5.74, 6) is 0.147. The molecule has 114 valence electrons. The molecule has 0 aromatic heterocycles. The van der Waals surface area contributed by atoms with Gasteiger partial charge in [0, 0.05) is 38.7 Å². The van der Waals surface area contributed by atoms with Gasteiger partial charge in [0.1, 0.15) is 0 Å². The van der Waals surface area contributed by atoms with Gasteiger partial charge in [0.25, 0.3) is 5.91 Å². The molecule has 5 heteroatoms. The molecule has 1 saturated heterocycles. The summed E-state index contributed by atoms with van der Waals surface area (Å²) in [6.07, 6.45) is 2.41. The topological polar surface area (TPSA) is 58.6 Å². The molecule has 0 aliphatic carbocycles. The number of likely N-dealkylation sites (tertiary alicyclic amines) is 1. The van der Waals surface area contributed by atoms with Crippen LogP contribution in [0.4, 0.5) is 0 Å². The third kappa shape index (κ3) is 4.56. The van der Waals surface area contributed by atoms with E-state index in [2.05, 4.69) is 5.32 Å². The zero-order valence-corrected chi connectivity index (χ0v) is 12.4. The normalized spacial score (nSPS) is 14.5. The van der Waals surface area contributed by atoms with Crippen LogP contribution in [0.3, 0.4) is 0 Å². The van der Waals surface area contributed by atoms with Crippen LogP contribution in [0.1, 0.15) is 35.2 Å². The number of rotatable bonds is 7. The Balaban J connectivity index is 1.74. The van der Waals surface area contributed by atoms with E-state index in [1.807, 2.05) is 23.1 Å². The lowest BCUT2D eigenvalue weighted by Gasteiger charge is -2.15. The maximum Gasteiger partial charge on any atom is 0.251 e. The molecule has 1 aliphatic rings. The van der Waals surface area contributed by atoms with Crippen molar-refractivity contribution >= 4 is 11.8 Å². The monoisotopic (exact) mass is 290 g/mol. The number of carbonyl (C=O) groups is 2. The molecule has 2 rings (SSSR count). The van der Waals surface area contributed by atoms with Gasteiger partial charge in [-0.25, -0.2) is 0 Å². The van der Waals surface area contributed by atoms with E-state index in [0.717, 1.165) is 31.5 Å². The number of benzene rings is 1. The molecule has 0 saturated carbocycles. The molecule has 1 N–H and O–H groups in total. The van der Waals surface area contributed by atoms with Crippen LogP contribution in [0.15, 0.2) is 24.3 Å². The van der Waals surface area contributed by atoms with Crippen molar-refractivity contribution in [2.24, 2.45) is 0 Å². The van der Waals surface area contributed by atoms with E-state index in [1.165, 1.54) is 0 Å². The number of amides is 2. The molecule has 1 aliphatic heterocycles. The Morgan fingerprint density at radius 1 is 1.43 bits per heavy atom. The van der Waals surface area contributed by atoms with E-state index in [0.29, 0.717) is 25.1 Å². The quantitative estimate of drug-likeness (QED) is 0.776. The average molecular weight is 290 g/mol. The van der Waals surface area contributed by atoms with Gasteiger partial charge in [-0.2, -0.15) is 0 Å². The Kier molecular flexibility index (Phi) is 5.75. The molecule has 1 heterocycles. The van der Waals surface area contributed by atoms with Gasteiger partial charge in [-0.15, -0.1) is 0 Å². The van der Waals surface area contributed by atoms with Crippen LogP contribution in [0.5, 0.6) is 0 Å². The van der Waals surface area contributed by atoms with Crippen molar-refractivity contribution in [2.45, 2.75) is 25.9 Å². The highest BCUT2D eigenvalue weighted by Crippen LogP contribution is 2.09. The Morgan fingerprint density at radius 3 is 3.00 bits per heavy atom. The smallest absolute Gasteiger partial charge is 0.251 e. The SMILES string of the molecule is COCc1cccc(C(=O)NCCCN2CCCC2=O)c1. The summed E-state index contributed by atoms with van der Waals surface area (Å²) >= 11 is 0. The van der Waals surface area contributed by atoms with Crippen LogP contribution in [-0.2, 0) is 16.1 Å². The molecule has 0 unspecified atom stereocenters. The first kappa shape index (κ1) is 15.5. The molecule has 1 aromatic rings. The molecule has 2 amide bonds. The highest BCUT2D eigenvalue weighted by molar-refractivity contribution is 5.94. The van der Waals surface area contributed by atoms with Crippen molar-refractivity contribution in [3.8, 4) is 0 Å². The van der Waals surface area contributed by atoms with Crippen LogP contribution in [0.25, 0.3) is 0 Å². The van der Waals surface area contributed by atoms with Crippen molar-refractivity contribution in [2.75, 3.05) is 26.7 Å². The van der Waals surface area contributed by atoms with Crippen molar-refractivity contribution in [3.63, 3.8) is 0 Å². The van der Waals surface area contributed by atoms with Crippen molar-refractivity contribution in [1.82, 2.24) is 10.2 Å². The van der Waals surface area contributed by atoms with E-state index >= 15 is 0 Å². The first-order valence-corrected chi connectivity index (χ1v) is 7.34. The second kappa shape index (κ2) is 7.78. The van der Waals surface area contributed by atoms with Gasteiger partial charge in [0.05, 0.1) is 6.61 Å². The summed E-state index contributed by atoms with van der Waals surface area (Å²) in [5, 5.41) is 2.89. The minimum absolute atomic E-state index is 0.0827. The van der Waals surface area contributed by atoms with Crippen molar-refractivity contribution in [3.05, 3.63) is 35.4 Å². The van der Waals surface area contributed by atoms with Gasteiger partial charge in [0.2, 0.25) is 5.91 Å². The fourth-order valence-corrected chi connectivity index (χ4v) is 2.48. The third-order valence-electron chi connectivity index (χ3n) is 3.56. The number of methoxy groups -OCH3 is 1. The zero-order chi connectivity index (χ0) is 15.1. The van der Waals surface area contributed by atoms with Crippen molar-refractivity contribution < 1.29 is 14.3 Å². The predicted molar refractivity (Wildman–Crippen MR) is 79.9 cm³/mol. The maximum atomic E-state index is 12.0. The first-order valence-electron chi connectivity index (χ1n) is 7.34. The van der Waals surface area contributed by atoms with Gasteiger partial charge in [0.15, 0.2) is 0 Å². The second-order valence-corrected chi connectivity index (χ2v) is 5.23. The number of hydrogen-bond acceptors (Lipinski definition) is 3. The lowest BCUT2D eigenvalue weighted by Crippen LogP contribution is -2.30. The van der Waals surface area contributed by atoms with Crippen LogP contribution >= 0.6 is 0 Å². The Labute approximate surface area is 125 Å². The molecule has 0 radical (unpaired) electrons. The van der Waals surface area contributed by atoms with E-state index in [9.17, 15) is 9.59 Å². The Bertz CT molecular complexity index is 502. The lowest BCUT2D eigenvalue weighted by molar-refractivity contribution is -0.127. The van der Waals surface area contributed by atoms with Gasteiger partial charge >= 0.3 is 0 Å². The Hall–Kier alpha value is -1.88. The minimum atomic E-state index is -0.0827. The number of carbonyl (C=O) groups excluding carboxylic acids is 2. The fourth-order valence-electron chi connectivity index (χ4n) is 2.48. The molecule has 0 spiro atoms. The molecular weight excluding hydrogens is 268 g/mol. The molecule has 1 aromatic carbocycles. The van der Waals surface area contributed by atoms with Gasteiger partial charge in [-0.1, -0.05) is 12.1 Å². The molecule has 5 nitrogen and oxygen atoms in total. The summed E-state index contributed by atoms with van der Waals surface area (Å²) in [6, 6.07) is 7.41. The Morgan fingerprint density at radius 2 is 2.29 bits per heavy atom. The maximum absolute atomic E-state index is 12.0. The highest BCUT2D eigenvalue weighted by atomic mass is 16.5. The van der Waals surface area contributed by atoms with Crippen LogP contribution < -0.4 is 5.32 Å². The molecule has 0 bridgehead atoms. The summed E-state index contributed by atoms with van der Waals surface area (Å²) in [4.78, 5) is 25.3. The second-order valence-electron chi connectivity index (χ2n) is 5.23. The standard InChI is InChI=1S/C16H22N2O3/c1-21-12-13-5-2-6-14(11-13)16(20)17-8-4-10-18-9-3-7-15(18)19/h2,5-6,11H,3-4,7-10,12H2,1H3,(H,17,20). The number of nitrogens with one attached hydrogen (secondary N) is 1. The number of ether oxygens (including phenoxy) is 1. The summed E-state index contributed by atoms with van der Waals surface area (Å²) in [7, 11) is 1.63. The van der Waals surface area contributed by atoms with Crippen LogP contribution in [-0.4, -0.2) is 43.5 Å². The van der Waals surface area contributed by atoms with E-state index in [1.54, 1.807) is 13.2 Å². The first-order chi connectivity index (χ1) is 10.2. The zero-order valence-electron chi connectivity index (χ0n) is 12.4. The molecule has 0 atom stereocenters. The van der Waals surface area contributed by atoms with Gasteiger partial charge in [-0.3, -0.25) is 9.59 Å². The minimum Gasteiger partial charge on any atom is -0.380 e. The fraction of sp³-hybridized carbons (Fsp3) is 0.500. The summed E-state index contributed by atoms with van der Waals surface area (Å²) in [5.41, 5.74) is 1.62. The summed E-state index contributed by atoms with van der Waals surface area (Å²) < 4.78 is 5.06. The van der Waals surface area contributed by atoms with E-state index in [4.69, 9.17) is 4.74 Å². The lowest BCUT2D eigenvalue weighted by atomic mass is 10.1. The largest absolute Gasteiger partial charge is 0.380 e. The van der Waals surface area contributed by atoms with Crippen LogP contribution in [0, 0.1) is 0 Å². The van der Waals surface area contributed by atoms with Crippen molar-refractivity contribution in [1.29, 1.82) is 0 Å².